The van der Waals surface area contributed by atoms with Crippen molar-refractivity contribution >= 4 is 0 Å². The van der Waals surface area contributed by atoms with Gasteiger partial charge in [-0.2, -0.15) is 0 Å². The first-order chi connectivity index (χ1) is 8.31. The SMILES string of the molecule is CNCC(OC)c1c(C)cc(C(C)(C)C)cc1C. The Labute approximate surface area is 112 Å². The third kappa shape index (κ3) is 3.33. The number of hydrogen-bond acceptors (Lipinski definition) is 2. The second-order valence-electron chi connectivity index (χ2n) is 6.06. The predicted molar refractivity (Wildman–Crippen MR) is 78.3 cm³/mol. The summed E-state index contributed by atoms with van der Waals surface area (Å²) in [6, 6.07) is 4.59. The van der Waals surface area contributed by atoms with Crippen molar-refractivity contribution in [1.29, 1.82) is 0 Å². The monoisotopic (exact) mass is 249 g/mol. The normalized spacial score (nSPS) is 13.7. The highest BCUT2D eigenvalue weighted by atomic mass is 16.5. The largest absolute Gasteiger partial charge is 0.375 e. The molecule has 1 unspecified atom stereocenters. The van der Waals surface area contributed by atoms with E-state index in [1.54, 1.807) is 7.11 Å². The smallest absolute Gasteiger partial charge is 0.0950 e. The highest BCUT2D eigenvalue weighted by Gasteiger charge is 2.20. The number of rotatable bonds is 4. The highest BCUT2D eigenvalue weighted by Crippen LogP contribution is 2.30. The maximum absolute atomic E-state index is 5.60. The van der Waals surface area contributed by atoms with E-state index in [4.69, 9.17) is 4.74 Å². The van der Waals surface area contributed by atoms with E-state index in [0.717, 1.165) is 6.54 Å². The van der Waals surface area contributed by atoms with Crippen LogP contribution in [0.2, 0.25) is 0 Å². The molecular formula is C16H27NO. The lowest BCUT2D eigenvalue weighted by Crippen LogP contribution is -2.21. The molecule has 0 heterocycles. The van der Waals surface area contributed by atoms with Gasteiger partial charge in [-0.05, 0) is 48.6 Å². The van der Waals surface area contributed by atoms with Crippen LogP contribution in [0.5, 0.6) is 0 Å². The van der Waals surface area contributed by atoms with E-state index in [9.17, 15) is 0 Å². The van der Waals surface area contributed by atoms with E-state index in [2.05, 4.69) is 52.1 Å². The van der Waals surface area contributed by atoms with Gasteiger partial charge in [0.2, 0.25) is 0 Å². The Kier molecular flexibility index (Phi) is 4.94. The summed E-state index contributed by atoms with van der Waals surface area (Å²) in [5, 5.41) is 3.19. The quantitative estimate of drug-likeness (QED) is 0.881. The Morgan fingerprint density at radius 3 is 2.00 bits per heavy atom. The fourth-order valence-electron chi connectivity index (χ4n) is 2.40. The second-order valence-corrected chi connectivity index (χ2v) is 6.06. The molecule has 2 heteroatoms. The summed E-state index contributed by atoms with van der Waals surface area (Å²) in [7, 11) is 3.73. The van der Waals surface area contributed by atoms with Gasteiger partial charge in [-0.3, -0.25) is 0 Å². The molecule has 18 heavy (non-hydrogen) atoms. The van der Waals surface area contributed by atoms with Crippen molar-refractivity contribution in [3.63, 3.8) is 0 Å². The van der Waals surface area contributed by atoms with Crippen LogP contribution in [-0.4, -0.2) is 20.7 Å². The van der Waals surface area contributed by atoms with E-state index < -0.39 is 0 Å². The maximum Gasteiger partial charge on any atom is 0.0950 e. The van der Waals surface area contributed by atoms with Gasteiger partial charge in [0.1, 0.15) is 0 Å². The number of nitrogens with one attached hydrogen (secondary N) is 1. The Hall–Kier alpha value is -0.860. The molecule has 0 aliphatic rings. The van der Waals surface area contributed by atoms with Crippen LogP contribution in [0.1, 0.15) is 49.1 Å². The molecule has 1 N–H and O–H groups in total. The predicted octanol–water partition coefficient (Wildman–Crippen LogP) is 3.51. The number of benzene rings is 1. The van der Waals surface area contributed by atoms with Gasteiger partial charge in [0.15, 0.2) is 0 Å². The van der Waals surface area contributed by atoms with E-state index in [0.29, 0.717) is 0 Å². The first kappa shape index (κ1) is 15.2. The molecule has 0 spiro atoms. The molecular weight excluding hydrogens is 222 g/mol. The third-order valence-electron chi connectivity index (χ3n) is 3.46. The van der Waals surface area contributed by atoms with Crippen LogP contribution in [-0.2, 0) is 10.2 Å². The van der Waals surface area contributed by atoms with Gasteiger partial charge in [0, 0.05) is 13.7 Å². The molecule has 0 fully saturated rings. The molecule has 0 bridgehead atoms. The average molecular weight is 249 g/mol. The summed E-state index contributed by atoms with van der Waals surface area (Å²) < 4.78 is 5.60. The zero-order valence-electron chi connectivity index (χ0n) is 12.8. The Morgan fingerprint density at radius 2 is 1.67 bits per heavy atom. The van der Waals surface area contributed by atoms with E-state index in [1.165, 1.54) is 22.3 Å². The minimum atomic E-state index is 0.129. The molecule has 1 aromatic carbocycles. The molecule has 2 nitrogen and oxygen atoms in total. The summed E-state index contributed by atoms with van der Waals surface area (Å²) in [5.41, 5.74) is 5.55. The van der Waals surface area contributed by atoms with E-state index in [1.807, 2.05) is 7.05 Å². The van der Waals surface area contributed by atoms with Crippen LogP contribution in [0, 0.1) is 13.8 Å². The molecule has 0 aliphatic heterocycles. The van der Waals surface area contributed by atoms with Crippen molar-refractivity contribution in [3.05, 3.63) is 34.4 Å². The topological polar surface area (TPSA) is 21.3 Å². The number of methoxy groups -OCH3 is 1. The molecule has 0 saturated carbocycles. The van der Waals surface area contributed by atoms with Gasteiger partial charge < -0.3 is 10.1 Å². The van der Waals surface area contributed by atoms with Crippen LogP contribution in [0.4, 0.5) is 0 Å². The van der Waals surface area contributed by atoms with E-state index in [-0.39, 0.29) is 11.5 Å². The lowest BCUT2D eigenvalue weighted by atomic mass is 9.83. The Balaban J connectivity index is 3.23. The van der Waals surface area contributed by atoms with Crippen molar-refractivity contribution in [2.24, 2.45) is 0 Å². The van der Waals surface area contributed by atoms with Crippen LogP contribution < -0.4 is 5.32 Å². The number of hydrogen-bond donors (Lipinski definition) is 1. The maximum atomic E-state index is 5.60. The molecule has 0 amide bonds. The van der Waals surface area contributed by atoms with Crippen molar-refractivity contribution < 1.29 is 4.74 Å². The summed E-state index contributed by atoms with van der Waals surface area (Å²) in [5.74, 6) is 0. The molecule has 1 aromatic rings. The Morgan fingerprint density at radius 1 is 1.17 bits per heavy atom. The minimum Gasteiger partial charge on any atom is -0.375 e. The van der Waals surface area contributed by atoms with Crippen molar-refractivity contribution in [2.75, 3.05) is 20.7 Å². The van der Waals surface area contributed by atoms with Crippen molar-refractivity contribution in [2.45, 2.75) is 46.1 Å². The molecule has 0 aromatic heterocycles. The summed E-state index contributed by atoms with van der Waals surface area (Å²) in [6.07, 6.45) is 0.129. The lowest BCUT2D eigenvalue weighted by molar-refractivity contribution is 0.103. The van der Waals surface area contributed by atoms with Crippen molar-refractivity contribution in [1.82, 2.24) is 5.32 Å². The molecule has 102 valence electrons. The van der Waals surface area contributed by atoms with Crippen molar-refractivity contribution in [3.8, 4) is 0 Å². The number of ether oxygens (including phenoxy) is 1. The van der Waals surface area contributed by atoms with Gasteiger partial charge in [-0.1, -0.05) is 32.9 Å². The fourth-order valence-corrected chi connectivity index (χ4v) is 2.40. The molecule has 0 saturated heterocycles. The van der Waals surface area contributed by atoms with Crippen LogP contribution >= 0.6 is 0 Å². The van der Waals surface area contributed by atoms with Crippen LogP contribution in [0.3, 0.4) is 0 Å². The van der Waals surface area contributed by atoms with Crippen LogP contribution in [0.25, 0.3) is 0 Å². The highest BCUT2D eigenvalue weighted by molar-refractivity contribution is 5.42. The fraction of sp³-hybridized carbons (Fsp3) is 0.625. The molecule has 0 aliphatic carbocycles. The second kappa shape index (κ2) is 5.85. The molecule has 1 atom stereocenters. The van der Waals surface area contributed by atoms with Gasteiger partial charge in [0.05, 0.1) is 6.10 Å². The zero-order valence-corrected chi connectivity index (χ0v) is 12.8. The number of aryl methyl sites for hydroxylation is 2. The summed E-state index contributed by atoms with van der Waals surface area (Å²) >= 11 is 0. The first-order valence-electron chi connectivity index (χ1n) is 6.60. The third-order valence-corrected chi connectivity index (χ3v) is 3.46. The number of likely N-dealkylation sites (N-methyl/N-ethyl adjacent to an activating group) is 1. The van der Waals surface area contributed by atoms with Gasteiger partial charge >= 0.3 is 0 Å². The zero-order chi connectivity index (χ0) is 13.9. The summed E-state index contributed by atoms with van der Waals surface area (Å²) in [6.45, 7) is 12.0. The Bertz CT molecular complexity index is 381. The van der Waals surface area contributed by atoms with E-state index >= 15 is 0 Å². The van der Waals surface area contributed by atoms with Gasteiger partial charge in [0.25, 0.3) is 0 Å². The first-order valence-corrected chi connectivity index (χ1v) is 6.60. The standard InChI is InChI=1S/C16H27NO/c1-11-8-13(16(3,4)5)9-12(2)15(11)14(18-7)10-17-6/h8-9,14,17H,10H2,1-7H3. The lowest BCUT2D eigenvalue weighted by Gasteiger charge is -2.25. The molecule has 1 rings (SSSR count). The van der Waals surface area contributed by atoms with Gasteiger partial charge in [-0.25, -0.2) is 0 Å². The summed E-state index contributed by atoms with van der Waals surface area (Å²) in [4.78, 5) is 0. The molecule has 0 radical (unpaired) electrons. The van der Waals surface area contributed by atoms with Gasteiger partial charge in [-0.15, -0.1) is 0 Å². The average Bonchev–Trinajstić information content (AvgIpc) is 2.25. The minimum absolute atomic E-state index is 0.129. The van der Waals surface area contributed by atoms with Crippen LogP contribution in [0.15, 0.2) is 12.1 Å².